The van der Waals surface area contributed by atoms with E-state index in [9.17, 15) is 14.4 Å². The van der Waals surface area contributed by atoms with Crippen LogP contribution >= 0.6 is 11.6 Å². The average molecular weight is 413 g/mol. The zero-order chi connectivity index (χ0) is 21.1. The molecule has 29 heavy (non-hydrogen) atoms. The third kappa shape index (κ3) is 4.81. The van der Waals surface area contributed by atoms with Crippen molar-refractivity contribution in [1.82, 2.24) is 0 Å². The molecule has 1 aliphatic heterocycles. The predicted octanol–water partition coefficient (Wildman–Crippen LogP) is 4.04. The van der Waals surface area contributed by atoms with Crippen LogP contribution < -0.4 is 15.6 Å². The summed E-state index contributed by atoms with van der Waals surface area (Å²) in [6, 6.07) is 10.5. The summed E-state index contributed by atoms with van der Waals surface area (Å²) < 4.78 is 0. The molecule has 0 aromatic heterocycles. The van der Waals surface area contributed by atoms with Gasteiger partial charge in [-0.2, -0.15) is 5.10 Å². The van der Waals surface area contributed by atoms with E-state index in [2.05, 4.69) is 15.7 Å². The minimum absolute atomic E-state index is 0.155. The van der Waals surface area contributed by atoms with Gasteiger partial charge in [-0.25, -0.2) is 5.01 Å². The van der Waals surface area contributed by atoms with Gasteiger partial charge in [0.15, 0.2) is 0 Å². The van der Waals surface area contributed by atoms with Crippen LogP contribution in [-0.4, -0.2) is 23.4 Å². The lowest BCUT2D eigenvalue weighted by Crippen LogP contribution is -2.36. The Morgan fingerprint density at radius 2 is 1.83 bits per heavy atom. The SMILES string of the molecule is CC(=O)Nc1ccc(NC(=O)C2=NN(c3cc(C)ccc3C)C(=O)CC2)cc1Cl. The van der Waals surface area contributed by atoms with Crippen molar-refractivity contribution in [2.75, 3.05) is 15.6 Å². The molecule has 0 fully saturated rings. The molecule has 0 unspecified atom stereocenters. The molecule has 150 valence electrons. The molecule has 8 heteroatoms. The maximum absolute atomic E-state index is 12.7. The number of aryl methyl sites for hydroxylation is 2. The van der Waals surface area contributed by atoms with E-state index in [1.807, 2.05) is 32.0 Å². The molecular weight excluding hydrogens is 392 g/mol. The van der Waals surface area contributed by atoms with Crippen molar-refractivity contribution in [2.24, 2.45) is 5.10 Å². The first-order valence-corrected chi connectivity index (χ1v) is 9.48. The van der Waals surface area contributed by atoms with Gasteiger partial charge in [-0.1, -0.05) is 23.7 Å². The monoisotopic (exact) mass is 412 g/mol. The Bertz CT molecular complexity index is 1030. The minimum atomic E-state index is -0.406. The van der Waals surface area contributed by atoms with Crippen LogP contribution in [0.2, 0.25) is 5.02 Å². The number of rotatable bonds is 4. The second kappa shape index (κ2) is 8.45. The van der Waals surface area contributed by atoms with E-state index in [1.54, 1.807) is 18.2 Å². The molecule has 2 aromatic rings. The maximum atomic E-state index is 12.7. The molecule has 0 bridgehead atoms. The molecule has 1 aliphatic rings. The van der Waals surface area contributed by atoms with Crippen LogP contribution in [0.1, 0.15) is 30.9 Å². The Balaban J connectivity index is 1.81. The third-order valence-corrected chi connectivity index (χ3v) is 4.74. The van der Waals surface area contributed by atoms with E-state index in [1.165, 1.54) is 11.9 Å². The molecule has 2 aromatic carbocycles. The smallest absolute Gasteiger partial charge is 0.271 e. The first kappa shape index (κ1) is 20.5. The summed E-state index contributed by atoms with van der Waals surface area (Å²) >= 11 is 6.15. The van der Waals surface area contributed by atoms with Crippen molar-refractivity contribution in [3.8, 4) is 0 Å². The molecule has 0 radical (unpaired) electrons. The fourth-order valence-corrected chi connectivity index (χ4v) is 3.17. The summed E-state index contributed by atoms with van der Waals surface area (Å²) in [7, 11) is 0. The number of carbonyl (C=O) groups excluding carboxylic acids is 3. The number of halogens is 1. The molecule has 0 spiro atoms. The van der Waals surface area contributed by atoms with Crippen molar-refractivity contribution >= 4 is 52.1 Å². The van der Waals surface area contributed by atoms with Gasteiger partial charge >= 0.3 is 0 Å². The molecule has 7 nitrogen and oxygen atoms in total. The quantitative estimate of drug-likeness (QED) is 0.794. The van der Waals surface area contributed by atoms with Crippen molar-refractivity contribution in [2.45, 2.75) is 33.6 Å². The maximum Gasteiger partial charge on any atom is 0.271 e. The molecule has 0 atom stereocenters. The van der Waals surface area contributed by atoms with Gasteiger partial charge in [0, 0.05) is 25.5 Å². The van der Waals surface area contributed by atoms with Gasteiger partial charge in [0.2, 0.25) is 11.8 Å². The number of benzene rings is 2. The zero-order valence-electron chi connectivity index (χ0n) is 16.4. The number of hydrogen-bond donors (Lipinski definition) is 2. The molecule has 3 rings (SSSR count). The molecule has 0 saturated heterocycles. The number of hydrazone groups is 1. The molecule has 0 aliphatic carbocycles. The lowest BCUT2D eigenvalue weighted by Gasteiger charge is -2.24. The first-order valence-electron chi connectivity index (χ1n) is 9.11. The number of amides is 3. The van der Waals surface area contributed by atoms with Crippen molar-refractivity contribution in [3.63, 3.8) is 0 Å². The highest BCUT2D eigenvalue weighted by Crippen LogP contribution is 2.27. The molecule has 3 amide bonds. The largest absolute Gasteiger partial charge is 0.325 e. The number of nitrogens with one attached hydrogen (secondary N) is 2. The van der Waals surface area contributed by atoms with Gasteiger partial charge in [-0.05, 0) is 49.2 Å². The van der Waals surface area contributed by atoms with Crippen LogP contribution in [0.3, 0.4) is 0 Å². The van der Waals surface area contributed by atoms with E-state index in [-0.39, 0.29) is 30.4 Å². The van der Waals surface area contributed by atoms with Gasteiger partial charge < -0.3 is 10.6 Å². The molecule has 0 saturated carbocycles. The Hall–Kier alpha value is -3.19. The highest BCUT2D eigenvalue weighted by molar-refractivity contribution is 6.44. The zero-order valence-corrected chi connectivity index (χ0v) is 17.1. The van der Waals surface area contributed by atoms with Crippen LogP contribution in [0.15, 0.2) is 41.5 Å². The Morgan fingerprint density at radius 1 is 1.07 bits per heavy atom. The van der Waals surface area contributed by atoms with Crippen molar-refractivity contribution in [1.29, 1.82) is 0 Å². The topological polar surface area (TPSA) is 90.9 Å². The fraction of sp³-hybridized carbons (Fsp3) is 0.238. The fourth-order valence-electron chi connectivity index (χ4n) is 2.94. The summed E-state index contributed by atoms with van der Waals surface area (Å²) in [6.07, 6.45) is 0.450. The van der Waals surface area contributed by atoms with Crippen molar-refractivity contribution < 1.29 is 14.4 Å². The highest BCUT2D eigenvalue weighted by atomic mass is 35.5. The van der Waals surface area contributed by atoms with Crippen LogP contribution in [0.5, 0.6) is 0 Å². The van der Waals surface area contributed by atoms with Gasteiger partial charge in [-0.15, -0.1) is 0 Å². The number of hydrogen-bond acceptors (Lipinski definition) is 4. The number of anilines is 3. The number of nitrogens with zero attached hydrogens (tertiary/aromatic N) is 2. The summed E-state index contributed by atoms with van der Waals surface area (Å²) in [5, 5.41) is 11.3. The lowest BCUT2D eigenvalue weighted by molar-refractivity contribution is -0.119. The standard InChI is InChI=1S/C21H21ClN4O3/c1-12-4-5-13(2)19(10-12)26-20(28)9-8-18(25-26)21(29)24-15-6-7-17(16(22)11-15)23-14(3)27/h4-7,10-11H,8-9H2,1-3H3,(H,23,27)(H,24,29). The second-order valence-electron chi connectivity index (χ2n) is 6.87. The third-order valence-electron chi connectivity index (χ3n) is 4.43. The highest BCUT2D eigenvalue weighted by Gasteiger charge is 2.26. The van der Waals surface area contributed by atoms with E-state index in [0.717, 1.165) is 11.1 Å². The normalized spacial score (nSPS) is 13.7. The molecule has 1 heterocycles. The van der Waals surface area contributed by atoms with E-state index < -0.39 is 5.91 Å². The number of carbonyl (C=O) groups is 3. The Kier molecular flexibility index (Phi) is 5.98. The summed E-state index contributed by atoms with van der Waals surface area (Å²) in [6.45, 7) is 5.21. The van der Waals surface area contributed by atoms with Gasteiger partial charge in [-0.3, -0.25) is 14.4 Å². The predicted molar refractivity (Wildman–Crippen MR) is 114 cm³/mol. The molecule has 2 N–H and O–H groups in total. The summed E-state index contributed by atoms with van der Waals surface area (Å²) in [4.78, 5) is 36.2. The average Bonchev–Trinajstić information content (AvgIpc) is 2.66. The van der Waals surface area contributed by atoms with Crippen LogP contribution in [0.4, 0.5) is 17.1 Å². The van der Waals surface area contributed by atoms with E-state index >= 15 is 0 Å². The van der Waals surface area contributed by atoms with E-state index in [4.69, 9.17) is 11.6 Å². The van der Waals surface area contributed by atoms with Gasteiger partial charge in [0.05, 0.1) is 16.4 Å². The van der Waals surface area contributed by atoms with Crippen LogP contribution in [-0.2, 0) is 14.4 Å². The van der Waals surface area contributed by atoms with Crippen LogP contribution in [0.25, 0.3) is 0 Å². The van der Waals surface area contributed by atoms with Crippen molar-refractivity contribution in [3.05, 3.63) is 52.5 Å². The van der Waals surface area contributed by atoms with Crippen LogP contribution in [0, 0.1) is 13.8 Å². The van der Waals surface area contributed by atoms with Gasteiger partial charge in [0.25, 0.3) is 5.91 Å². The first-order chi connectivity index (χ1) is 13.7. The summed E-state index contributed by atoms with van der Waals surface area (Å²) in [5.74, 6) is -0.800. The Morgan fingerprint density at radius 3 is 2.52 bits per heavy atom. The minimum Gasteiger partial charge on any atom is -0.325 e. The van der Waals surface area contributed by atoms with E-state index in [0.29, 0.717) is 22.1 Å². The Labute approximate surface area is 173 Å². The molecular formula is C21H21ClN4O3. The lowest BCUT2D eigenvalue weighted by atomic mass is 10.1. The second-order valence-corrected chi connectivity index (χ2v) is 7.28. The van der Waals surface area contributed by atoms with Gasteiger partial charge in [0.1, 0.15) is 5.71 Å². The summed E-state index contributed by atoms with van der Waals surface area (Å²) in [5.41, 5.74) is 3.75.